The molecule has 2 aliphatic carbocycles. The van der Waals surface area contributed by atoms with Crippen LogP contribution in [0.2, 0.25) is 0 Å². The molecule has 2 saturated carbocycles. The van der Waals surface area contributed by atoms with Crippen molar-refractivity contribution in [3.63, 3.8) is 0 Å². The quantitative estimate of drug-likeness (QED) is 0.796. The van der Waals surface area contributed by atoms with Crippen LogP contribution < -0.4 is 10.9 Å². The van der Waals surface area contributed by atoms with Gasteiger partial charge >= 0.3 is 0 Å². The Morgan fingerprint density at radius 3 is 2.21 bits per heavy atom. The van der Waals surface area contributed by atoms with Crippen molar-refractivity contribution in [1.29, 1.82) is 0 Å². The molecule has 19 heavy (non-hydrogen) atoms. The maximum atomic E-state index is 12.0. The maximum Gasteiger partial charge on any atom is 0.269 e. The van der Waals surface area contributed by atoms with Gasteiger partial charge in [0.25, 0.3) is 5.91 Å². The second-order valence-corrected chi connectivity index (χ2v) is 5.45. The first kappa shape index (κ1) is 12.2. The first-order chi connectivity index (χ1) is 9.27. The summed E-state index contributed by atoms with van der Waals surface area (Å²) in [6.45, 7) is 0. The van der Waals surface area contributed by atoms with E-state index in [0.29, 0.717) is 17.4 Å². The molecule has 4 heteroatoms. The summed E-state index contributed by atoms with van der Waals surface area (Å²) in [5, 5.41) is 0. The summed E-state index contributed by atoms with van der Waals surface area (Å²) in [7, 11) is 0. The van der Waals surface area contributed by atoms with E-state index in [1.165, 1.54) is 12.8 Å². The largest absolute Gasteiger partial charge is 0.273 e. The van der Waals surface area contributed by atoms with E-state index < -0.39 is 0 Å². The smallest absolute Gasteiger partial charge is 0.269 e. The molecule has 2 atom stereocenters. The van der Waals surface area contributed by atoms with E-state index in [9.17, 15) is 9.59 Å². The van der Waals surface area contributed by atoms with Crippen molar-refractivity contribution in [2.24, 2.45) is 17.8 Å². The molecule has 2 fully saturated rings. The fourth-order valence-corrected chi connectivity index (χ4v) is 3.24. The molecule has 0 spiro atoms. The molecule has 0 saturated heterocycles. The van der Waals surface area contributed by atoms with E-state index in [-0.39, 0.29) is 17.7 Å². The van der Waals surface area contributed by atoms with Crippen molar-refractivity contribution >= 4 is 11.8 Å². The highest BCUT2D eigenvalue weighted by molar-refractivity contribution is 5.95. The SMILES string of the molecule is O=C(NNC(=O)C1C2CCCCC21)c1ccccc1. The lowest BCUT2D eigenvalue weighted by Gasteiger charge is -2.06. The predicted molar refractivity (Wildman–Crippen MR) is 71.0 cm³/mol. The third-order valence-corrected chi connectivity index (χ3v) is 4.29. The Kier molecular flexibility index (Phi) is 3.23. The van der Waals surface area contributed by atoms with Crippen molar-refractivity contribution in [3.8, 4) is 0 Å². The second-order valence-electron chi connectivity index (χ2n) is 5.45. The van der Waals surface area contributed by atoms with Crippen LogP contribution in [0.25, 0.3) is 0 Å². The highest BCUT2D eigenvalue weighted by atomic mass is 16.2. The molecular weight excluding hydrogens is 240 g/mol. The van der Waals surface area contributed by atoms with E-state index in [2.05, 4.69) is 10.9 Å². The summed E-state index contributed by atoms with van der Waals surface area (Å²) >= 11 is 0. The summed E-state index contributed by atoms with van der Waals surface area (Å²) in [5.41, 5.74) is 5.60. The molecule has 1 aromatic carbocycles. The first-order valence-electron chi connectivity index (χ1n) is 6.92. The Labute approximate surface area is 112 Å². The Morgan fingerprint density at radius 1 is 0.947 bits per heavy atom. The fourth-order valence-electron chi connectivity index (χ4n) is 3.24. The lowest BCUT2D eigenvalue weighted by Crippen LogP contribution is -2.42. The molecule has 0 aliphatic heterocycles. The van der Waals surface area contributed by atoms with Crippen molar-refractivity contribution < 1.29 is 9.59 Å². The topological polar surface area (TPSA) is 58.2 Å². The number of amides is 2. The molecule has 0 heterocycles. The molecule has 0 radical (unpaired) electrons. The molecule has 1 aromatic rings. The van der Waals surface area contributed by atoms with Gasteiger partial charge in [-0.05, 0) is 36.8 Å². The molecule has 2 N–H and O–H groups in total. The number of nitrogens with one attached hydrogen (secondary N) is 2. The summed E-state index contributed by atoms with van der Waals surface area (Å²) in [4.78, 5) is 23.8. The summed E-state index contributed by atoms with van der Waals surface area (Å²) < 4.78 is 0. The molecular formula is C15H18N2O2. The van der Waals surface area contributed by atoms with Crippen LogP contribution in [0.5, 0.6) is 0 Å². The molecule has 2 unspecified atom stereocenters. The minimum Gasteiger partial charge on any atom is -0.273 e. The van der Waals surface area contributed by atoms with Crippen LogP contribution in [-0.4, -0.2) is 11.8 Å². The Hall–Kier alpha value is -1.84. The zero-order chi connectivity index (χ0) is 13.2. The highest BCUT2D eigenvalue weighted by Gasteiger charge is 2.54. The number of fused-ring (bicyclic) bond motifs is 1. The average molecular weight is 258 g/mol. The van der Waals surface area contributed by atoms with Crippen LogP contribution in [0.15, 0.2) is 30.3 Å². The first-order valence-corrected chi connectivity index (χ1v) is 6.92. The molecule has 2 amide bonds. The van der Waals surface area contributed by atoms with Crippen LogP contribution in [-0.2, 0) is 4.79 Å². The fraction of sp³-hybridized carbons (Fsp3) is 0.467. The van der Waals surface area contributed by atoms with Crippen LogP contribution in [0.1, 0.15) is 36.0 Å². The average Bonchev–Trinajstić information content (AvgIpc) is 3.19. The number of carbonyl (C=O) groups excluding carboxylic acids is 2. The Morgan fingerprint density at radius 2 is 1.58 bits per heavy atom. The molecule has 4 nitrogen and oxygen atoms in total. The van der Waals surface area contributed by atoms with E-state index in [4.69, 9.17) is 0 Å². The molecule has 0 aromatic heterocycles. The van der Waals surface area contributed by atoms with E-state index in [1.54, 1.807) is 24.3 Å². The summed E-state index contributed by atoms with van der Waals surface area (Å²) in [6, 6.07) is 8.89. The molecule has 2 aliphatic rings. The van der Waals surface area contributed by atoms with Crippen molar-refractivity contribution in [1.82, 2.24) is 10.9 Å². The van der Waals surface area contributed by atoms with E-state index in [0.717, 1.165) is 12.8 Å². The highest BCUT2D eigenvalue weighted by Crippen LogP contribution is 2.55. The van der Waals surface area contributed by atoms with Gasteiger partial charge in [-0.25, -0.2) is 0 Å². The molecule has 3 rings (SSSR count). The maximum absolute atomic E-state index is 12.0. The van der Waals surface area contributed by atoms with E-state index in [1.807, 2.05) is 6.07 Å². The van der Waals surface area contributed by atoms with Gasteiger partial charge in [0.05, 0.1) is 0 Å². The van der Waals surface area contributed by atoms with Crippen LogP contribution in [0.3, 0.4) is 0 Å². The van der Waals surface area contributed by atoms with Gasteiger partial charge in [0.1, 0.15) is 0 Å². The van der Waals surface area contributed by atoms with Crippen molar-refractivity contribution in [2.45, 2.75) is 25.7 Å². The number of hydrogen-bond acceptors (Lipinski definition) is 2. The normalized spacial score (nSPS) is 28.1. The van der Waals surface area contributed by atoms with Crippen LogP contribution in [0, 0.1) is 17.8 Å². The van der Waals surface area contributed by atoms with Gasteiger partial charge in [-0.3, -0.25) is 20.4 Å². The van der Waals surface area contributed by atoms with Gasteiger partial charge in [0, 0.05) is 11.5 Å². The zero-order valence-electron chi connectivity index (χ0n) is 10.8. The lowest BCUT2D eigenvalue weighted by molar-refractivity contribution is -0.123. The third kappa shape index (κ3) is 2.48. The van der Waals surface area contributed by atoms with E-state index >= 15 is 0 Å². The minimum absolute atomic E-state index is 0.0267. The van der Waals surface area contributed by atoms with Crippen molar-refractivity contribution in [3.05, 3.63) is 35.9 Å². The van der Waals surface area contributed by atoms with Gasteiger partial charge in [-0.1, -0.05) is 31.0 Å². The minimum atomic E-state index is -0.266. The Bertz CT molecular complexity index is 474. The number of hydrogen-bond donors (Lipinski definition) is 2. The number of hydrazine groups is 1. The van der Waals surface area contributed by atoms with Gasteiger partial charge in [0.15, 0.2) is 0 Å². The summed E-state index contributed by atoms with van der Waals surface area (Å²) in [5.74, 6) is 0.946. The predicted octanol–water partition coefficient (Wildman–Crippen LogP) is 1.88. The standard InChI is InChI=1S/C15H18N2O2/c18-14(10-6-2-1-3-7-10)16-17-15(19)13-11-8-4-5-9-12(11)13/h1-3,6-7,11-13H,4-5,8-9H2,(H,16,18)(H,17,19). The van der Waals surface area contributed by atoms with Crippen molar-refractivity contribution in [2.75, 3.05) is 0 Å². The second kappa shape index (κ2) is 5.03. The molecule has 100 valence electrons. The summed E-state index contributed by atoms with van der Waals surface area (Å²) in [6.07, 6.45) is 4.80. The number of rotatable bonds is 2. The zero-order valence-corrected chi connectivity index (χ0v) is 10.8. The lowest BCUT2D eigenvalue weighted by atomic mass is 10.0. The Balaban J connectivity index is 1.50. The van der Waals surface area contributed by atoms with Gasteiger partial charge in [-0.2, -0.15) is 0 Å². The van der Waals surface area contributed by atoms with Crippen LogP contribution in [0.4, 0.5) is 0 Å². The van der Waals surface area contributed by atoms with Crippen LogP contribution >= 0.6 is 0 Å². The molecule has 0 bridgehead atoms. The van der Waals surface area contributed by atoms with Gasteiger partial charge in [0.2, 0.25) is 5.91 Å². The number of benzene rings is 1. The van der Waals surface area contributed by atoms with Gasteiger partial charge < -0.3 is 0 Å². The van der Waals surface area contributed by atoms with Gasteiger partial charge in [-0.15, -0.1) is 0 Å². The third-order valence-electron chi connectivity index (χ3n) is 4.29. The monoisotopic (exact) mass is 258 g/mol. The number of carbonyl (C=O) groups is 2.